The van der Waals surface area contributed by atoms with E-state index in [2.05, 4.69) is 35.1 Å². The number of ether oxygens (including phenoxy) is 1. The topological polar surface area (TPSA) is 173 Å². The van der Waals surface area contributed by atoms with Crippen molar-refractivity contribution in [1.82, 2.24) is 9.88 Å². The SMILES string of the molecule is [N-]=[N+]=NCCOc1cc(F)c(CN=C2CCCC2=C(N)C2=NC(N(CCN3CCCC3)c3ccncc3)C(=NO)C=N2)c(F)c1. The van der Waals surface area contributed by atoms with Gasteiger partial charge in [-0.25, -0.2) is 18.8 Å². The van der Waals surface area contributed by atoms with Crippen LogP contribution in [-0.2, 0) is 6.54 Å². The van der Waals surface area contributed by atoms with Crippen molar-refractivity contribution in [2.75, 3.05) is 44.2 Å². The molecular weight excluding hydrogens is 584 g/mol. The number of pyridine rings is 1. The van der Waals surface area contributed by atoms with E-state index >= 15 is 0 Å². The molecule has 1 saturated carbocycles. The molecule has 5 rings (SSSR count). The van der Waals surface area contributed by atoms with Crippen LogP contribution in [0, 0.1) is 11.6 Å². The van der Waals surface area contributed by atoms with Gasteiger partial charge in [0.15, 0.2) is 12.0 Å². The number of azide groups is 1. The molecule has 2 aromatic rings. The van der Waals surface area contributed by atoms with Gasteiger partial charge in [0.05, 0.1) is 31.6 Å². The lowest BCUT2D eigenvalue weighted by molar-refractivity contribution is 0.316. The van der Waals surface area contributed by atoms with Crippen LogP contribution >= 0.6 is 0 Å². The van der Waals surface area contributed by atoms with Crippen LogP contribution < -0.4 is 15.4 Å². The van der Waals surface area contributed by atoms with Crippen LogP contribution in [0.2, 0.25) is 0 Å². The molecule has 2 aliphatic heterocycles. The Labute approximate surface area is 259 Å². The Morgan fingerprint density at radius 2 is 1.91 bits per heavy atom. The highest BCUT2D eigenvalue weighted by atomic mass is 19.1. The fraction of sp³-hybridized carbons (Fsp3) is 0.433. The minimum Gasteiger partial charge on any atom is -0.493 e. The van der Waals surface area contributed by atoms with Crippen molar-refractivity contribution < 1.29 is 18.7 Å². The smallest absolute Gasteiger partial charge is 0.173 e. The zero-order valence-electron chi connectivity index (χ0n) is 24.8. The number of benzene rings is 1. The largest absolute Gasteiger partial charge is 0.493 e. The highest BCUT2D eigenvalue weighted by Gasteiger charge is 2.30. The van der Waals surface area contributed by atoms with Crippen molar-refractivity contribution >= 4 is 29.2 Å². The summed E-state index contributed by atoms with van der Waals surface area (Å²) < 4.78 is 34.9. The van der Waals surface area contributed by atoms with Crippen LogP contribution in [0.3, 0.4) is 0 Å². The van der Waals surface area contributed by atoms with Gasteiger partial charge in [-0.3, -0.25) is 9.98 Å². The van der Waals surface area contributed by atoms with E-state index in [0.29, 0.717) is 30.8 Å². The number of anilines is 1. The summed E-state index contributed by atoms with van der Waals surface area (Å²) in [5, 5.41) is 16.7. The predicted octanol–water partition coefficient (Wildman–Crippen LogP) is 4.63. The zero-order valence-corrected chi connectivity index (χ0v) is 24.8. The summed E-state index contributed by atoms with van der Waals surface area (Å²) in [6, 6.07) is 5.92. The van der Waals surface area contributed by atoms with E-state index < -0.39 is 17.8 Å². The standard InChI is InChI=1S/C30H35F2N11O2/c31-24-16-21(45-15-10-38-41-34)17-25(32)23(24)18-36-26-5-3-4-22(26)28(33)29-37-19-27(40-44)30(39-29)43(20-6-8-35-9-7-20)14-13-42-11-1-2-12-42/h6-9,16-17,19,30,44H,1-5,10-15,18,33H2. The van der Waals surface area contributed by atoms with E-state index in [0.717, 1.165) is 49.4 Å². The average molecular weight is 620 g/mol. The molecule has 0 radical (unpaired) electrons. The van der Waals surface area contributed by atoms with Gasteiger partial charge in [0, 0.05) is 59.5 Å². The molecule has 3 N–H and O–H groups in total. The molecule has 1 unspecified atom stereocenters. The second kappa shape index (κ2) is 15.2. The van der Waals surface area contributed by atoms with Crippen molar-refractivity contribution in [3.05, 3.63) is 75.6 Å². The van der Waals surface area contributed by atoms with Gasteiger partial charge in [-0.1, -0.05) is 10.3 Å². The van der Waals surface area contributed by atoms with Gasteiger partial charge < -0.3 is 25.5 Å². The van der Waals surface area contributed by atoms with E-state index in [9.17, 15) is 14.0 Å². The minimum absolute atomic E-state index is 0.00431. The van der Waals surface area contributed by atoms with Crippen LogP contribution in [0.25, 0.3) is 10.4 Å². The van der Waals surface area contributed by atoms with E-state index in [1.807, 2.05) is 17.0 Å². The lowest BCUT2D eigenvalue weighted by Gasteiger charge is -2.33. The summed E-state index contributed by atoms with van der Waals surface area (Å²) in [6.07, 6.45) is 8.46. The Bertz CT molecular complexity index is 1540. The van der Waals surface area contributed by atoms with Gasteiger partial charge >= 0.3 is 0 Å². The second-order valence-electron chi connectivity index (χ2n) is 10.7. The van der Waals surface area contributed by atoms with Gasteiger partial charge in [-0.15, -0.1) is 0 Å². The Kier molecular flexibility index (Phi) is 10.7. The maximum absolute atomic E-state index is 14.8. The van der Waals surface area contributed by atoms with Crippen molar-refractivity contribution in [3.63, 3.8) is 0 Å². The Hall–Kier alpha value is -4.88. The number of aliphatic imine (C=N–C) groups is 3. The lowest BCUT2D eigenvalue weighted by atomic mass is 10.1. The first-order chi connectivity index (χ1) is 22.0. The molecule has 45 heavy (non-hydrogen) atoms. The van der Waals surface area contributed by atoms with Crippen molar-refractivity contribution in [1.29, 1.82) is 0 Å². The summed E-state index contributed by atoms with van der Waals surface area (Å²) in [6.45, 7) is 3.31. The molecular formula is C30H35F2N11O2. The van der Waals surface area contributed by atoms with Crippen LogP contribution in [0.15, 0.2) is 73.2 Å². The van der Waals surface area contributed by atoms with Gasteiger partial charge in [0.25, 0.3) is 0 Å². The van der Waals surface area contributed by atoms with Crippen LogP contribution in [-0.4, -0.2) is 84.1 Å². The van der Waals surface area contributed by atoms with E-state index in [-0.39, 0.29) is 42.6 Å². The van der Waals surface area contributed by atoms with Crippen LogP contribution in [0.4, 0.5) is 14.5 Å². The molecule has 0 spiro atoms. The molecule has 3 heterocycles. The second-order valence-corrected chi connectivity index (χ2v) is 10.7. The molecule has 15 heteroatoms. The number of aromatic nitrogens is 1. The number of allylic oxidation sites excluding steroid dienone is 1. The first-order valence-electron chi connectivity index (χ1n) is 14.9. The number of likely N-dealkylation sites (tertiary alicyclic amines) is 1. The molecule has 2 fully saturated rings. The van der Waals surface area contributed by atoms with Gasteiger partial charge in [0.2, 0.25) is 0 Å². The molecule has 3 aliphatic rings. The van der Waals surface area contributed by atoms with E-state index in [1.165, 1.54) is 19.1 Å². The first-order valence-corrected chi connectivity index (χ1v) is 14.9. The maximum atomic E-state index is 14.8. The van der Waals surface area contributed by atoms with Gasteiger partial charge in [-0.05, 0) is 68.4 Å². The lowest BCUT2D eigenvalue weighted by Crippen LogP contribution is -2.46. The third kappa shape index (κ3) is 7.80. The first kappa shape index (κ1) is 31.5. The summed E-state index contributed by atoms with van der Waals surface area (Å²) in [4.78, 5) is 25.0. The highest BCUT2D eigenvalue weighted by Crippen LogP contribution is 2.28. The van der Waals surface area contributed by atoms with E-state index in [4.69, 9.17) is 21.0 Å². The number of nitrogens with zero attached hydrogens (tertiary/aromatic N) is 10. The highest BCUT2D eigenvalue weighted by molar-refractivity contribution is 6.37. The summed E-state index contributed by atoms with van der Waals surface area (Å²) in [5.74, 6) is -1.31. The van der Waals surface area contributed by atoms with Crippen molar-refractivity contribution in [2.24, 2.45) is 31.0 Å². The summed E-state index contributed by atoms with van der Waals surface area (Å²) in [7, 11) is 0. The number of oxime groups is 1. The van der Waals surface area contributed by atoms with Crippen LogP contribution in [0.5, 0.6) is 5.75 Å². The molecule has 1 aliphatic carbocycles. The quantitative estimate of drug-likeness (QED) is 0.0875. The molecule has 13 nitrogen and oxygen atoms in total. The van der Waals surface area contributed by atoms with Crippen molar-refractivity contribution in [3.8, 4) is 5.75 Å². The Morgan fingerprint density at radius 3 is 2.62 bits per heavy atom. The Morgan fingerprint density at radius 1 is 1.16 bits per heavy atom. The number of hydrogen-bond donors (Lipinski definition) is 2. The zero-order chi connectivity index (χ0) is 31.6. The molecule has 1 aromatic carbocycles. The van der Waals surface area contributed by atoms with Gasteiger partial charge in [0.1, 0.15) is 23.1 Å². The molecule has 1 saturated heterocycles. The maximum Gasteiger partial charge on any atom is 0.173 e. The molecule has 1 atom stereocenters. The predicted molar refractivity (Wildman–Crippen MR) is 168 cm³/mol. The van der Waals surface area contributed by atoms with E-state index in [1.54, 1.807) is 12.4 Å². The number of nitrogens with two attached hydrogens (primary N) is 1. The third-order valence-electron chi connectivity index (χ3n) is 7.91. The third-order valence-corrected chi connectivity index (χ3v) is 7.91. The average Bonchev–Trinajstić information content (AvgIpc) is 3.76. The van der Waals surface area contributed by atoms with Crippen molar-refractivity contribution in [2.45, 2.75) is 44.8 Å². The minimum atomic E-state index is -0.792. The number of hydrogen-bond acceptors (Lipinski definition) is 11. The molecule has 1 aromatic heterocycles. The number of halogens is 2. The number of rotatable bonds is 12. The van der Waals surface area contributed by atoms with Gasteiger partial charge in [-0.2, -0.15) is 0 Å². The molecule has 0 bridgehead atoms. The fourth-order valence-electron chi connectivity index (χ4n) is 5.60. The Balaban J connectivity index is 1.38. The van der Waals surface area contributed by atoms with Crippen LogP contribution in [0.1, 0.15) is 37.7 Å². The number of amidine groups is 1. The normalized spacial score (nSPS) is 21.2. The monoisotopic (exact) mass is 619 g/mol. The molecule has 0 amide bonds. The summed E-state index contributed by atoms with van der Waals surface area (Å²) >= 11 is 0. The molecule has 236 valence electrons. The summed E-state index contributed by atoms with van der Waals surface area (Å²) in [5.41, 5.74) is 17.6. The fourth-order valence-corrected chi connectivity index (χ4v) is 5.60.